The van der Waals surface area contributed by atoms with E-state index in [0.717, 1.165) is 4.88 Å². The monoisotopic (exact) mass is 332 g/mol. The first-order valence-corrected chi connectivity index (χ1v) is 5.97. The predicted octanol–water partition coefficient (Wildman–Crippen LogP) is 1.96. The fourth-order valence-electron chi connectivity index (χ4n) is 1.01. The summed E-state index contributed by atoms with van der Waals surface area (Å²) in [4.78, 5) is 12.2. The Labute approximate surface area is 103 Å². The van der Waals surface area contributed by atoms with Gasteiger partial charge in [-0.2, -0.15) is 4.68 Å². The van der Waals surface area contributed by atoms with Gasteiger partial charge in [0.15, 0.2) is 0 Å². The maximum Gasteiger partial charge on any atom is 0.438 e. The molecule has 0 saturated carbocycles. The van der Waals surface area contributed by atoms with Crippen molar-refractivity contribution in [3.8, 4) is 20.6 Å². The quantitative estimate of drug-likeness (QED) is 0.624. The molecule has 6 heteroatoms. The zero-order valence-electron chi connectivity index (χ0n) is 7.44. The van der Waals surface area contributed by atoms with Crippen LogP contribution in [-0.2, 0) is 6.54 Å². The van der Waals surface area contributed by atoms with Gasteiger partial charge in [-0.1, -0.05) is 12.0 Å². The van der Waals surface area contributed by atoms with Crippen LogP contribution in [0.5, 0.6) is 0 Å². The largest absolute Gasteiger partial charge is 0.438 e. The molecule has 0 N–H and O–H groups in total. The Kier molecular flexibility index (Phi) is 3.23. The molecular weight excluding hydrogens is 327 g/mol. The molecule has 15 heavy (non-hydrogen) atoms. The molecule has 0 aliphatic carbocycles. The molecule has 0 amide bonds. The van der Waals surface area contributed by atoms with Gasteiger partial charge < -0.3 is 4.42 Å². The summed E-state index contributed by atoms with van der Waals surface area (Å²) >= 11 is 3.39. The lowest BCUT2D eigenvalue weighted by atomic mass is 10.5. The second kappa shape index (κ2) is 4.63. The molecule has 2 rings (SSSR count). The van der Waals surface area contributed by atoms with Gasteiger partial charge in [0.25, 0.3) is 5.89 Å². The summed E-state index contributed by atoms with van der Waals surface area (Å²) in [6.07, 6.45) is 0. The Morgan fingerprint density at radius 2 is 2.53 bits per heavy atom. The molecule has 0 aliphatic rings. The zero-order valence-corrected chi connectivity index (χ0v) is 10.4. The summed E-state index contributed by atoms with van der Waals surface area (Å²) in [5.41, 5.74) is 0. The summed E-state index contributed by atoms with van der Waals surface area (Å²) in [5, 5.41) is 5.93. The molecule has 0 bridgehead atoms. The van der Waals surface area contributed by atoms with Crippen LogP contribution in [0.2, 0.25) is 0 Å². The van der Waals surface area contributed by atoms with Crippen molar-refractivity contribution >= 4 is 33.9 Å². The lowest BCUT2D eigenvalue weighted by Crippen LogP contribution is -2.14. The normalized spacial score (nSPS) is 9.67. The Hall–Kier alpha value is -1.07. The van der Waals surface area contributed by atoms with E-state index in [2.05, 4.69) is 14.9 Å². The lowest BCUT2D eigenvalue weighted by Gasteiger charge is -1.86. The Bertz CT molecular complexity index is 559. The van der Waals surface area contributed by atoms with Crippen LogP contribution >= 0.6 is 33.9 Å². The molecular formula is C9H5IN2O2S. The predicted molar refractivity (Wildman–Crippen MR) is 65.9 cm³/mol. The van der Waals surface area contributed by atoms with Crippen LogP contribution in [0.25, 0.3) is 10.8 Å². The molecule has 0 fully saturated rings. The van der Waals surface area contributed by atoms with Gasteiger partial charge in [-0.15, -0.1) is 16.4 Å². The van der Waals surface area contributed by atoms with Crippen LogP contribution in [0, 0.1) is 9.85 Å². The first-order valence-electron chi connectivity index (χ1n) is 4.01. The maximum absolute atomic E-state index is 11.3. The van der Waals surface area contributed by atoms with Crippen LogP contribution in [0.1, 0.15) is 0 Å². The number of halogens is 1. The highest BCUT2D eigenvalue weighted by Crippen LogP contribution is 2.20. The smallest absolute Gasteiger partial charge is 0.387 e. The number of hydrogen-bond acceptors (Lipinski definition) is 4. The van der Waals surface area contributed by atoms with E-state index in [4.69, 9.17) is 4.42 Å². The molecule has 2 aromatic rings. The molecule has 4 nitrogen and oxygen atoms in total. The highest BCUT2D eigenvalue weighted by molar-refractivity contribution is 14.1. The minimum atomic E-state index is -0.474. The van der Waals surface area contributed by atoms with Crippen molar-refractivity contribution in [3.05, 3.63) is 28.1 Å². The van der Waals surface area contributed by atoms with Gasteiger partial charge in [0.1, 0.15) is 6.54 Å². The Morgan fingerprint density at radius 3 is 3.20 bits per heavy atom. The number of thiophene rings is 1. The van der Waals surface area contributed by atoms with Crippen LogP contribution in [0.15, 0.2) is 26.7 Å². The number of nitrogens with zero attached hydrogens (tertiary/aromatic N) is 2. The van der Waals surface area contributed by atoms with Crippen molar-refractivity contribution in [1.29, 1.82) is 0 Å². The molecule has 0 saturated heterocycles. The van der Waals surface area contributed by atoms with E-state index in [0.29, 0.717) is 5.89 Å². The van der Waals surface area contributed by atoms with Gasteiger partial charge >= 0.3 is 5.76 Å². The lowest BCUT2D eigenvalue weighted by molar-refractivity contribution is 0.499. The third-order valence-electron chi connectivity index (χ3n) is 1.63. The first-order chi connectivity index (χ1) is 7.31. The second-order valence-electron chi connectivity index (χ2n) is 2.58. The summed E-state index contributed by atoms with van der Waals surface area (Å²) in [5.74, 6) is 2.62. The molecule has 0 aromatic carbocycles. The van der Waals surface area contributed by atoms with E-state index in [1.807, 2.05) is 40.1 Å². The second-order valence-corrected chi connectivity index (χ2v) is 4.07. The minimum absolute atomic E-state index is 0.261. The van der Waals surface area contributed by atoms with Gasteiger partial charge in [-0.25, -0.2) is 4.79 Å². The van der Waals surface area contributed by atoms with Gasteiger partial charge in [0, 0.05) is 22.6 Å². The summed E-state index contributed by atoms with van der Waals surface area (Å²) in [6.45, 7) is 0.261. The topological polar surface area (TPSA) is 48.0 Å². The van der Waals surface area contributed by atoms with E-state index >= 15 is 0 Å². The number of hydrogen-bond donors (Lipinski definition) is 0. The average molecular weight is 332 g/mol. The molecule has 0 spiro atoms. The summed E-state index contributed by atoms with van der Waals surface area (Å²) in [7, 11) is 0. The molecule has 76 valence electrons. The van der Waals surface area contributed by atoms with E-state index in [1.165, 1.54) is 16.0 Å². The van der Waals surface area contributed by atoms with Gasteiger partial charge in [-0.3, -0.25) is 0 Å². The molecule has 0 radical (unpaired) electrons. The maximum atomic E-state index is 11.3. The fraction of sp³-hybridized carbons (Fsp3) is 0.111. The Balaban J connectivity index is 2.36. The van der Waals surface area contributed by atoms with Crippen molar-refractivity contribution in [2.45, 2.75) is 6.54 Å². The molecule has 2 heterocycles. The zero-order chi connectivity index (χ0) is 10.7. The highest BCUT2D eigenvalue weighted by Gasteiger charge is 2.09. The summed E-state index contributed by atoms with van der Waals surface area (Å²) < 4.78 is 8.87. The molecule has 2 aromatic heterocycles. The van der Waals surface area contributed by atoms with E-state index in [-0.39, 0.29) is 6.54 Å². The van der Waals surface area contributed by atoms with Gasteiger partial charge in [0.05, 0.1) is 4.88 Å². The standard InChI is InChI=1S/C9H5IN2O2S/c10-4-2-5-12-9(13)14-8(11-12)7-3-1-6-15-7/h1,3,6H,5H2. The van der Waals surface area contributed by atoms with E-state index in [9.17, 15) is 4.79 Å². The van der Waals surface area contributed by atoms with E-state index in [1.54, 1.807) is 0 Å². The first kappa shape index (κ1) is 10.4. The Morgan fingerprint density at radius 1 is 1.67 bits per heavy atom. The van der Waals surface area contributed by atoms with Crippen LogP contribution in [0.3, 0.4) is 0 Å². The number of aromatic nitrogens is 2. The third-order valence-corrected chi connectivity index (χ3v) is 2.87. The van der Waals surface area contributed by atoms with Crippen molar-refractivity contribution in [2.24, 2.45) is 0 Å². The molecule has 0 unspecified atom stereocenters. The van der Waals surface area contributed by atoms with E-state index < -0.39 is 5.76 Å². The molecule has 0 atom stereocenters. The molecule has 0 aliphatic heterocycles. The van der Waals surface area contributed by atoms with Crippen molar-refractivity contribution in [2.75, 3.05) is 0 Å². The van der Waals surface area contributed by atoms with Gasteiger partial charge in [0.2, 0.25) is 0 Å². The van der Waals surface area contributed by atoms with Gasteiger partial charge in [-0.05, 0) is 15.4 Å². The minimum Gasteiger partial charge on any atom is -0.387 e. The number of rotatable bonds is 2. The highest BCUT2D eigenvalue weighted by atomic mass is 127. The summed E-state index contributed by atoms with van der Waals surface area (Å²) in [6, 6.07) is 3.73. The van der Waals surface area contributed by atoms with Crippen molar-refractivity contribution in [1.82, 2.24) is 9.78 Å². The third kappa shape index (κ3) is 2.30. The fourth-order valence-corrected chi connectivity index (χ4v) is 1.83. The van der Waals surface area contributed by atoms with Crippen LogP contribution in [-0.4, -0.2) is 9.78 Å². The van der Waals surface area contributed by atoms with Crippen molar-refractivity contribution in [3.63, 3.8) is 0 Å². The van der Waals surface area contributed by atoms with Crippen molar-refractivity contribution < 1.29 is 4.42 Å². The SMILES string of the molecule is O=c1oc(-c2cccs2)nn1CC#CI. The van der Waals surface area contributed by atoms with Crippen LogP contribution in [0.4, 0.5) is 0 Å². The van der Waals surface area contributed by atoms with Crippen LogP contribution < -0.4 is 5.76 Å². The average Bonchev–Trinajstić information content (AvgIpc) is 2.83.